The Balaban J connectivity index is 1.36. The lowest BCUT2D eigenvalue weighted by Gasteiger charge is -2.78. The molecule has 0 N–H and O–H groups in total. The van der Waals surface area contributed by atoms with E-state index in [2.05, 4.69) is 91.6 Å². The summed E-state index contributed by atoms with van der Waals surface area (Å²) in [6.07, 6.45) is 20.4. The molecule has 1 aromatic rings. The maximum absolute atomic E-state index is 3.89. The van der Waals surface area contributed by atoms with Gasteiger partial charge in [-0.15, -0.1) is 0 Å². The zero-order valence-electron chi connectivity index (χ0n) is 25.1. The van der Waals surface area contributed by atoms with Gasteiger partial charge < -0.3 is 0 Å². The molecule has 8 bridgehead atoms. The molecule has 0 saturated heterocycles. The Morgan fingerprint density at radius 3 is 1.55 bits per heavy atom. The summed E-state index contributed by atoms with van der Waals surface area (Å²) in [5, 5.41) is 0. The van der Waals surface area contributed by atoms with Gasteiger partial charge in [0, 0.05) is 9.65 Å². The van der Waals surface area contributed by atoms with Gasteiger partial charge in [0.15, 0.2) is 0 Å². The lowest BCUT2D eigenvalue weighted by atomic mass is 9.26. The summed E-state index contributed by atoms with van der Waals surface area (Å²) < 4.78 is 0. The van der Waals surface area contributed by atoms with Gasteiger partial charge in [-0.05, 0) is 150 Å². The predicted molar refractivity (Wildman–Crippen MR) is 168 cm³/mol. The molecule has 0 aliphatic heterocycles. The maximum atomic E-state index is 3.89. The van der Waals surface area contributed by atoms with Crippen LogP contribution >= 0.6 is 31.9 Å². The van der Waals surface area contributed by atoms with Crippen molar-refractivity contribution in [3.05, 3.63) is 34.9 Å². The highest BCUT2D eigenvalue weighted by Crippen LogP contribution is 2.83. The largest absolute Gasteiger partial charge is 0.0890 e. The van der Waals surface area contributed by atoms with Crippen LogP contribution < -0.4 is 0 Å². The van der Waals surface area contributed by atoms with Gasteiger partial charge >= 0.3 is 0 Å². The van der Waals surface area contributed by atoms with Crippen molar-refractivity contribution in [2.75, 3.05) is 0 Å². The van der Waals surface area contributed by atoms with E-state index < -0.39 is 0 Å². The second-order valence-electron chi connectivity index (χ2n) is 18.2. The van der Waals surface area contributed by atoms with Crippen molar-refractivity contribution in [1.82, 2.24) is 0 Å². The molecular formula is C36H52Br2. The Kier molecular flexibility index (Phi) is 5.81. The van der Waals surface area contributed by atoms with Crippen molar-refractivity contribution in [2.45, 2.75) is 147 Å². The highest BCUT2D eigenvalue weighted by Gasteiger charge is 2.74. The van der Waals surface area contributed by atoms with Crippen molar-refractivity contribution in [3.63, 3.8) is 0 Å². The summed E-state index contributed by atoms with van der Waals surface area (Å²) in [6.45, 7) is 15.5. The molecule has 0 nitrogen and oxygen atoms in total. The first-order chi connectivity index (χ1) is 17.6. The summed E-state index contributed by atoms with van der Waals surface area (Å²) in [4.78, 5) is 1.05. The summed E-state index contributed by atoms with van der Waals surface area (Å²) in [5.74, 6) is 1.00. The number of hydrogen-bond acceptors (Lipinski definition) is 0. The summed E-state index contributed by atoms with van der Waals surface area (Å²) >= 11 is 7.78. The van der Waals surface area contributed by atoms with E-state index in [0.29, 0.717) is 47.6 Å². The van der Waals surface area contributed by atoms with E-state index in [1.54, 1.807) is 36.0 Å². The number of alkyl halides is 2. The summed E-state index contributed by atoms with van der Waals surface area (Å²) in [6, 6.07) is 7.91. The normalized spacial score (nSPS) is 51.9. The highest BCUT2D eigenvalue weighted by molar-refractivity contribution is 9.09. The van der Waals surface area contributed by atoms with Gasteiger partial charge in [-0.3, -0.25) is 0 Å². The van der Waals surface area contributed by atoms with E-state index in [0.717, 1.165) is 18.8 Å². The van der Waals surface area contributed by atoms with Crippen LogP contribution in [0.1, 0.15) is 135 Å². The molecule has 6 unspecified atom stereocenters. The van der Waals surface area contributed by atoms with Crippen LogP contribution in [-0.2, 0) is 18.3 Å². The fraction of sp³-hybridized carbons (Fsp3) is 0.833. The molecule has 0 aromatic heterocycles. The molecule has 9 rings (SSSR count). The van der Waals surface area contributed by atoms with Gasteiger partial charge in [0.05, 0.1) is 0 Å². The predicted octanol–water partition coefficient (Wildman–Crippen LogP) is 11.0. The Morgan fingerprint density at radius 2 is 1.08 bits per heavy atom. The molecule has 8 fully saturated rings. The van der Waals surface area contributed by atoms with Crippen LogP contribution in [0.15, 0.2) is 18.2 Å². The standard InChI is InChI=1S/C36H52Br2/c1-24(37)7-26-9-27(8-25(2)38)11-29(10-26)34-17-32(5)16-33(6,18-34)22-36(21-32,23-34)35-14-28-12-30(3,19-35)15-31(4,13-28)20-35/h9-11,24-25,28H,7-8,12-23H2,1-6H3. The van der Waals surface area contributed by atoms with Crippen molar-refractivity contribution in [1.29, 1.82) is 0 Å². The summed E-state index contributed by atoms with van der Waals surface area (Å²) in [7, 11) is 0. The second-order valence-corrected chi connectivity index (χ2v) is 21.3. The maximum Gasteiger partial charge on any atom is 0.0157 e. The van der Waals surface area contributed by atoms with Crippen molar-refractivity contribution < 1.29 is 0 Å². The quantitative estimate of drug-likeness (QED) is 0.270. The van der Waals surface area contributed by atoms with Crippen LogP contribution in [0, 0.1) is 38.4 Å². The van der Waals surface area contributed by atoms with Gasteiger partial charge in [-0.1, -0.05) is 91.6 Å². The van der Waals surface area contributed by atoms with E-state index in [9.17, 15) is 0 Å². The molecule has 38 heavy (non-hydrogen) atoms. The van der Waals surface area contributed by atoms with Gasteiger partial charge in [0.2, 0.25) is 0 Å². The minimum absolute atomic E-state index is 0.374. The van der Waals surface area contributed by atoms with Crippen molar-refractivity contribution >= 4 is 31.9 Å². The molecule has 0 spiro atoms. The van der Waals surface area contributed by atoms with Crippen LogP contribution in [0.25, 0.3) is 0 Å². The molecule has 1 aromatic carbocycles. The third-order valence-corrected chi connectivity index (χ3v) is 13.7. The lowest BCUT2D eigenvalue weighted by Crippen LogP contribution is -2.69. The lowest BCUT2D eigenvalue weighted by molar-refractivity contribution is -0.270. The van der Waals surface area contributed by atoms with Crippen LogP contribution in [0.2, 0.25) is 0 Å². The van der Waals surface area contributed by atoms with Gasteiger partial charge in [0.25, 0.3) is 0 Å². The monoisotopic (exact) mass is 642 g/mol. The smallest absolute Gasteiger partial charge is 0.0157 e. The Morgan fingerprint density at radius 1 is 0.605 bits per heavy atom. The van der Waals surface area contributed by atoms with E-state index in [1.165, 1.54) is 57.8 Å². The zero-order valence-corrected chi connectivity index (χ0v) is 28.3. The molecule has 0 heterocycles. The van der Waals surface area contributed by atoms with Gasteiger partial charge in [-0.2, -0.15) is 0 Å². The van der Waals surface area contributed by atoms with Crippen molar-refractivity contribution in [3.8, 4) is 0 Å². The van der Waals surface area contributed by atoms with Gasteiger partial charge in [-0.25, -0.2) is 0 Å². The first kappa shape index (κ1) is 27.0. The topological polar surface area (TPSA) is 0 Å². The van der Waals surface area contributed by atoms with E-state index in [-0.39, 0.29) is 0 Å². The molecule has 0 radical (unpaired) electrons. The van der Waals surface area contributed by atoms with Crippen LogP contribution in [0.5, 0.6) is 0 Å². The number of halogens is 2. The minimum atomic E-state index is 0.374. The molecule has 8 aliphatic rings. The molecular weight excluding hydrogens is 592 g/mol. The molecule has 8 aliphatic carbocycles. The molecule has 8 saturated carbocycles. The van der Waals surface area contributed by atoms with Crippen LogP contribution in [0.3, 0.4) is 0 Å². The Labute approximate surface area is 250 Å². The van der Waals surface area contributed by atoms with Gasteiger partial charge in [0.1, 0.15) is 0 Å². The molecule has 210 valence electrons. The van der Waals surface area contributed by atoms with Crippen molar-refractivity contribution in [2.24, 2.45) is 38.4 Å². The minimum Gasteiger partial charge on any atom is -0.0890 e. The number of rotatable bonds is 6. The van der Waals surface area contributed by atoms with Crippen LogP contribution in [0.4, 0.5) is 0 Å². The fourth-order valence-electron chi connectivity index (χ4n) is 14.6. The average molecular weight is 645 g/mol. The second kappa shape index (κ2) is 8.17. The third-order valence-electron chi connectivity index (χ3n) is 13.0. The molecule has 6 atom stereocenters. The SMILES string of the molecule is CC(Br)Cc1cc(CC(C)Br)cc(C23CC4(C)CC(C)(C2)CC(C25CC6CC(C)(CC(C)(C6)C2)C5)(C4)C3)c1. The number of benzene rings is 1. The highest BCUT2D eigenvalue weighted by atomic mass is 79.9. The first-order valence-corrected chi connectivity index (χ1v) is 17.8. The molecule has 2 heteroatoms. The van der Waals surface area contributed by atoms with E-state index in [4.69, 9.17) is 0 Å². The van der Waals surface area contributed by atoms with E-state index in [1.807, 2.05) is 0 Å². The molecule has 0 amide bonds. The fourth-order valence-corrected chi connectivity index (χ4v) is 15.3. The Hall–Kier alpha value is 0.180. The first-order valence-electron chi connectivity index (χ1n) is 16.0. The Bertz CT molecular complexity index is 1080. The average Bonchev–Trinajstić information content (AvgIpc) is 2.67. The summed E-state index contributed by atoms with van der Waals surface area (Å²) in [5.41, 5.74) is 8.61. The van der Waals surface area contributed by atoms with E-state index >= 15 is 0 Å². The van der Waals surface area contributed by atoms with Crippen LogP contribution in [-0.4, -0.2) is 9.65 Å². The number of hydrogen-bond donors (Lipinski definition) is 0. The third kappa shape index (κ3) is 4.13. The zero-order chi connectivity index (χ0) is 27.0.